The van der Waals surface area contributed by atoms with Gasteiger partial charge in [0.05, 0.1) is 0 Å². The summed E-state index contributed by atoms with van der Waals surface area (Å²) in [7, 11) is 2.14. The second-order valence-corrected chi connectivity index (χ2v) is 6.42. The minimum Gasteiger partial charge on any atom is -0.317 e. The maximum absolute atomic E-state index is 3.51. The summed E-state index contributed by atoms with van der Waals surface area (Å²) in [5.41, 5.74) is 0. The molecule has 2 heteroatoms. The molecule has 88 valence electrons. The normalized spacial score (nSPS) is 36.0. The number of thioether (sulfide) groups is 1. The molecule has 2 bridgehead atoms. The van der Waals surface area contributed by atoms with Crippen LogP contribution in [0, 0.1) is 17.8 Å². The molecular weight excluding hydrogens is 202 g/mol. The second-order valence-electron chi connectivity index (χ2n) is 5.44. The Hall–Kier alpha value is 0.310. The Morgan fingerprint density at radius 1 is 1.33 bits per heavy atom. The van der Waals surface area contributed by atoms with Crippen molar-refractivity contribution in [1.29, 1.82) is 0 Å². The molecule has 0 spiro atoms. The molecule has 1 N–H and O–H groups in total. The third-order valence-electron chi connectivity index (χ3n) is 4.55. The molecule has 1 nitrogen and oxygen atoms in total. The van der Waals surface area contributed by atoms with E-state index in [4.69, 9.17) is 0 Å². The molecule has 15 heavy (non-hydrogen) atoms. The van der Waals surface area contributed by atoms with Gasteiger partial charge in [0.25, 0.3) is 0 Å². The van der Waals surface area contributed by atoms with Gasteiger partial charge in [-0.05, 0) is 68.9 Å². The predicted molar refractivity (Wildman–Crippen MR) is 69.4 cm³/mol. The van der Waals surface area contributed by atoms with Crippen LogP contribution >= 0.6 is 11.8 Å². The molecule has 0 radical (unpaired) electrons. The maximum Gasteiger partial charge on any atom is 0.00746 e. The highest BCUT2D eigenvalue weighted by Crippen LogP contribution is 2.49. The SMILES string of the molecule is CNC(CCSC)CC1CC2CCC1C2. The number of rotatable bonds is 6. The number of fused-ring (bicyclic) bond motifs is 2. The first-order valence-corrected chi connectivity index (χ1v) is 7.89. The van der Waals surface area contributed by atoms with Crippen molar-refractivity contribution in [3.63, 3.8) is 0 Å². The Kier molecular flexibility index (Phi) is 4.39. The first kappa shape index (κ1) is 11.8. The van der Waals surface area contributed by atoms with Crippen molar-refractivity contribution in [2.45, 2.75) is 44.6 Å². The van der Waals surface area contributed by atoms with E-state index in [1.54, 1.807) is 12.8 Å². The predicted octanol–water partition coefficient (Wildman–Crippen LogP) is 3.15. The van der Waals surface area contributed by atoms with Crippen LogP contribution in [-0.2, 0) is 0 Å². The summed E-state index contributed by atoms with van der Waals surface area (Å²) in [6, 6.07) is 0.779. The molecule has 0 aromatic rings. The molecule has 2 aliphatic rings. The molecule has 4 unspecified atom stereocenters. The van der Waals surface area contributed by atoms with Crippen molar-refractivity contribution in [1.82, 2.24) is 5.32 Å². The van der Waals surface area contributed by atoms with Crippen LogP contribution in [0.5, 0.6) is 0 Å². The van der Waals surface area contributed by atoms with Gasteiger partial charge in [-0.2, -0.15) is 11.8 Å². The van der Waals surface area contributed by atoms with Crippen LogP contribution in [0.2, 0.25) is 0 Å². The summed E-state index contributed by atoms with van der Waals surface area (Å²) in [6.07, 6.45) is 11.2. The number of hydrogen-bond donors (Lipinski definition) is 1. The molecular formula is C13H25NS. The Morgan fingerprint density at radius 2 is 2.20 bits per heavy atom. The van der Waals surface area contributed by atoms with E-state index in [0.717, 1.165) is 23.8 Å². The van der Waals surface area contributed by atoms with Crippen LogP contribution < -0.4 is 5.32 Å². The lowest BCUT2D eigenvalue weighted by atomic mass is 9.84. The maximum atomic E-state index is 3.51. The fourth-order valence-electron chi connectivity index (χ4n) is 3.67. The van der Waals surface area contributed by atoms with Crippen molar-refractivity contribution < 1.29 is 0 Å². The Balaban J connectivity index is 1.74. The quantitative estimate of drug-likeness (QED) is 0.748. The first-order valence-electron chi connectivity index (χ1n) is 6.49. The van der Waals surface area contributed by atoms with Crippen LogP contribution in [0.15, 0.2) is 0 Å². The van der Waals surface area contributed by atoms with E-state index in [2.05, 4.69) is 18.6 Å². The minimum atomic E-state index is 0.779. The van der Waals surface area contributed by atoms with E-state index in [0.29, 0.717) is 0 Å². The minimum absolute atomic E-state index is 0.779. The zero-order chi connectivity index (χ0) is 10.7. The smallest absolute Gasteiger partial charge is 0.00746 e. The molecule has 2 fully saturated rings. The Labute approximate surface area is 98.8 Å². The summed E-state index contributed by atoms with van der Waals surface area (Å²) in [5, 5.41) is 3.51. The molecule has 0 saturated heterocycles. The highest BCUT2D eigenvalue weighted by molar-refractivity contribution is 7.98. The largest absolute Gasteiger partial charge is 0.317 e. The summed E-state index contributed by atoms with van der Waals surface area (Å²) in [5.74, 6) is 4.58. The Morgan fingerprint density at radius 3 is 2.73 bits per heavy atom. The highest BCUT2D eigenvalue weighted by Gasteiger charge is 2.39. The van der Waals surface area contributed by atoms with Gasteiger partial charge >= 0.3 is 0 Å². The third kappa shape index (κ3) is 2.91. The van der Waals surface area contributed by atoms with E-state index in [1.165, 1.54) is 31.4 Å². The number of hydrogen-bond acceptors (Lipinski definition) is 2. The first-order chi connectivity index (χ1) is 7.33. The topological polar surface area (TPSA) is 12.0 Å². The lowest BCUT2D eigenvalue weighted by molar-refractivity contribution is 0.280. The van der Waals surface area contributed by atoms with Crippen molar-refractivity contribution in [3.8, 4) is 0 Å². The highest BCUT2D eigenvalue weighted by atomic mass is 32.2. The molecule has 2 saturated carbocycles. The van der Waals surface area contributed by atoms with Crippen molar-refractivity contribution in [3.05, 3.63) is 0 Å². The zero-order valence-electron chi connectivity index (χ0n) is 10.2. The van der Waals surface area contributed by atoms with Crippen LogP contribution in [0.4, 0.5) is 0 Å². The lowest BCUT2D eigenvalue weighted by Gasteiger charge is -2.26. The van der Waals surface area contributed by atoms with Gasteiger partial charge in [0.15, 0.2) is 0 Å². The van der Waals surface area contributed by atoms with Crippen LogP contribution in [0.25, 0.3) is 0 Å². The van der Waals surface area contributed by atoms with Gasteiger partial charge in [-0.25, -0.2) is 0 Å². The van der Waals surface area contributed by atoms with Gasteiger partial charge in [-0.15, -0.1) is 0 Å². The van der Waals surface area contributed by atoms with Crippen LogP contribution in [0.1, 0.15) is 38.5 Å². The van der Waals surface area contributed by atoms with Gasteiger partial charge in [-0.3, -0.25) is 0 Å². The lowest BCUT2D eigenvalue weighted by Crippen LogP contribution is -2.30. The molecule has 0 heterocycles. The summed E-state index contributed by atoms with van der Waals surface area (Å²) >= 11 is 1.98. The van der Waals surface area contributed by atoms with Crippen LogP contribution in [-0.4, -0.2) is 25.1 Å². The molecule has 0 aromatic carbocycles. The van der Waals surface area contributed by atoms with E-state index in [-0.39, 0.29) is 0 Å². The molecule has 0 aliphatic heterocycles. The van der Waals surface area contributed by atoms with E-state index >= 15 is 0 Å². The average Bonchev–Trinajstić information content (AvgIpc) is 2.85. The monoisotopic (exact) mass is 227 g/mol. The zero-order valence-corrected chi connectivity index (χ0v) is 11.0. The van der Waals surface area contributed by atoms with E-state index in [1.807, 2.05) is 11.8 Å². The molecule has 2 rings (SSSR count). The fourth-order valence-corrected chi connectivity index (χ4v) is 4.19. The van der Waals surface area contributed by atoms with E-state index < -0.39 is 0 Å². The third-order valence-corrected chi connectivity index (χ3v) is 5.19. The number of nitrogens with one attached hydrogen (secondary N) is 1. The van der Waals surface area contributed by atoms with Crippen LogP contribution in [0.3, 0.4) is 0 Å². The van der Waals surface area contributed by atoms with Gasteiger partial charge in [0.2, 0.25) is 0 Å². The van der Waals surface area contributed by atoms with Crippen molar-refractivity contribution in [2.75, 3.05) is 19.1 Å². The average molecular weight is 227 g/mol. The van der Waals surface area contributed by atoms with Crippen molar-refractivity contribution >= 4 is 11.8 Å². The van der Waals surface area contributed by atoms with Gasteiger partial charge < -0.3 is 5.32 Å². The molecule has 4 atom stereocenters. The fraction of sp³-hybridized carbons (Fsp3) is 1.00. The molecule has 0 aromatic heterocycles. The van der Waals surface area contributed by atoms with Gasteiger partial charge in [0, 0.05) is 6.04 Å². The second kappa shape index (κ2) is 5.58. The standard InChI is InChI=1S/C13H25NS/c1-14-13(5-6-15-2)9-12-8-10-3-4-11(12)7-10/h10-14H,3-9H2,1-2H3. The summed E-state index contributed by atoms with van der Waals surface area (Å²) in [6.45, 7) is 0. The van der Waals surface area contributed by atoms with Gasteiger partial charge in [0.1, 0.15) is 0 Å². The molecule has 0 amide bonds. The Bertz CT molecular complexity index is 195. The summed E-state index contributed by atoms with van der Waals surface area (Å²) < 4.78 is 0. The van der Waals surface area contributed by atoms with Gasteiger partial charge in [-0.1, -0.05) is 6.42 Å². The van der Waals surface area contributed by atoms with Crippen molar-refractivity contribution in [2.24, 2.45) is 17.8 Å². The summed E-state index contributed by atoms with van der Waals surface area (Å²) in [4.78, 5) is 0. The van der Waals surface area contributed by atoms with E-state index in [9.17, 15) is 0 Å². The molecule has 2 aliphatic carbocycles.